The Morgan fingerprint density at radius 2 is 1.89 bits per heavy atom. The Bertz CT molecular complexity index is 426. The molecular formula is C15H20O4. The second-order valence-electron chi connectivity index (χ2n) is 5.07. The molecule has 4 heteroatoms. The Morgan fingerprint density at radius 1 is 1.26 bits per heavy atom. The molecule has 1 N–H and O–H groups in total. The fraction of sp³-hybridized carbons (Fsp3) is 0.400. The van der Waals surface area contributed by atoms with E-state index in [0.717, 1.165) is 5.56 Å². The van der Waals surface area contributed by atoms with E-state index in [-0.39, 0.29) is 6.61 Å². The van der Waals surface area contributed by atoms with Crippen LogP contribution in [0, 0.1) is 0 Å². The second kappa shape index (κ2) is 6.95. The zero-order valence-corrected chi connectivity index (χ0v) is 11.6. The molecular weight excluding hydrogens is 244 g/mol. The molecule has 0 saturated carbocycles. The van der Waals surface area contributed by atoms with E-state index in [0.29, 0.717) is 12.2 Å². The van der Waals surface area contributed by atoms with E-state index in [9.17, 15) is 4.79 Å². The molecule has 19 heavy (non-hydrogen) atoms. The summed E-state index contributed by atoms with van der Waals surface area (Å²) >= 11 is 0. The molecule has 0 aliphatic carbocycles. The minimum absolute atomic E-state index is 0.124. The maximum Gasteiger partial charge on any atom is 0.334 e. The van der Waals surface area contributed by atoms with Crippen molar-refractivity contribution in [2.45, 2.75) is 32.8 Å². The van der Waals surface area contributed by atoms with Gasteiger partial charge in [-0.15, -0.1) is 0 Å². The first kappa shape index (κ1) is 15.2. The first-order valence-electron chi connectivity index (χ1n) is 6.17. The van der Waals surface area contributed by atoms with Gasteiger partial charge in [-0.3, -0.25) is 0 Å². The zero-order chi connectivity index (χ0) is 14.3. The first-order valence-corrected chi connectivity index (χ1v) is 6.17. The average molecular weight is 264 g/mol. The van der Waals surface area contributed by atoms with Gasteiger partial charge in [-0.2, -0.15) is 0 Å². The molecule has 1 aromatic carbocycles. The maximum absolute atomic E-state index is 11.4. The van der Waals surface area contributed by atoms with E-state index < -0.39 is 11.6 Å². The summed E-state index contributed by atoms with van der Waals surface area (Å²) in [6.45, 7) is 5.54. The van der Waals surface area contributed by atoms with Gasteiger partial charge in [-0.25, -0.2) is 4.79 Å². The number of carbonyl (C=O) groups is 1. The molecule has 0 fully saturated rings. The van der Waals surface area contributed by atoms with Crippen LogP contribution in [-0.4, -0.2) is 23.3 Å². The molecule has 0 amide bonds. The smallest absolute Gasteiger partial charge is 0.334 e. The van der Waals surface area contributed by atoms with E-state index in [1.165, 1.54) is 12.3 Å². The van der Waals surface area contributed by atoms with Crippen LogP contribution < -0.4 is 4.74 Å². The highest BCUT2D eigenvalue weighted by Gasteiger charge is 2.13. The Kier molecular flexibility index (Phi) is 5.57. The van der Waals surface area contributed by atoms with Gasteiger partial charge < -0.3 is 14.6 Å². The SMILES string of the molecule is CC(C)(C)OC(=O)C=COc1ccc(CCO)cc1. The van der Waals surface area contributed by atoms with Gasteiger partial charge in [-0.05, 0) is 44.9 Å². The van der Waals surface area contributed by atoms with Crippen LogP contribution in [0.25, 0.3) is 0 Å². The van der Waals surface area contributed by atoms with Crippen LogP contribution in [-0.2, 0) is 16.0 Å². The minimum atomic E-state index is -0.507. The predicted octanol–water partition coefficient (Wildman–Crippen LogP) is 2.46. The summed E-state index contributed by atoms with van der Waals surface area (Å²) < 4.78 is 10.4. The summed E-state index contributed by atoms with van der Waals surface area (Å²) in [5.41, 5.74) is 0.527. The number of aliphatic hydroxyl groups is 1. The number of hydrogen-bond acceptors (Lipinski definition) is 4. The van der Waals surface area contributed by atoms with E-state index in [1.807, 2.05) is 12.1 Å². The Morgan fingerprint density at radius 3 is 2.42 bits per heavy atom. The van der Waals surface area contributed by atoms with Gasteiger partial charge in [0.25, 0.3) is 0 Å². The predicted molar refractivity (Wildman–Crippen MR) is 72.8 cm³/mol. The minimum Gasteiger partial charge on any atom is -0.465 e. The summed E-state index contributed by atoms with van der Waals surface area (Å²) in [7, 11) is 0. The monoisotopic (exact) mass is 264 g/mol. The standard InChI is InChI=1S/C15H20O4/c1-15(2,3)19-14(17)9-11-18-13-6-4-12(5-7-13)8-10-16/h4-7,9,11,16H,8,10H2,1-3H3. The average Bonchev–Trinajstić information content (AvgIpc) is 2.29. The Labute approximate surface area is 113 Å². The van der Waals surface area contributed by atoms with Gasteiger partial charge in [0.05, 0.1) is 12.3 Å². The van der Waals surface area contributed by atoms with Crippen molar-refractivity contribution < 1.29 is 19.4 Å². The molecule has 1 aromatic rings. The molecule has 0 aliphatic heterocycles. The summed E-state index contributed by atoms with van der Waals surface area (Å²) in [6, 6.07) is 7.30. The van der Waals surface area contributed by atoms with Crippen molar-refractivity contribution >= 4 is 5.97 Å². The molecule has 104 valence electrons. The van der Waals surface area contributed by atoms with Gasteiger partial charge in [0.2, 0.25) is 0 Å². The number of benzene rings is 1. The van der Waals surface area contributed by atoms with Crippen molar-refractivity contribution in [2.24, 2.45) is 0 Å². The second-order valence-corrected chi connectivity index (χ2v) is 5.07. The maximum atomic E-state index is 11.4. The van der Waals surface area contributed by atoms with Crippen molar-refractivity contribution in [3.63, 3.8) is 0 Å². The summed E-state index contributed by atoms with van der Waals surface area (Å²) in [6.07, 6.45) is 3.16. The largest absolute Gasteiger partial charge is 0.465 e. The van der Waals surface area contributed by atoms with Gasteiger partial charge >= 0.3 is 5.97 Å². The molecule has 0 unspecified atom stereocenters. The lowest BCUT2D eigenvalue weighted by molar-refractivity contribution is -0.148. The van der Waals surface area contributed by atoms with E-state index in [2.05, 4.69) is 0 Å². The fourth-order valence-electron chi connectivity index (χ4n) is 1.37. The third-order valence-corrected chi connectivity index (χ3v) is 2.14. The molecule has 0 spiro atoms. The molecule has 0 atom stereocenters. The Balaban J connectivity index is 2.45. The quantitative estimate of drug-likeness (QED) is 0.504. The lowest BCUT2D eigenvalue weighted by Crippen LogP contribution is -2.22. The van der Waals surface area contributed by atoms with Crippen LogP contribution in [0.4, 0.5) is 0 Å². The van der Waals surface area contributed by atoms with E-state index in [1.54, 1.807) is 32.9 Å². The number of aliphatic hydroxyl groups excluding tert-OH is 1. The molecule has 0 bridgehead atoms. The highest BCUT2D eigenvalue weighted by atomic mass is 16.6. The number of esters is 1. The topological polar surface area (TPSA) is 55.8 Å². The summed E-state index contributed by atoms with van der Waals surface area (Å²) in [5.74, 6) is 0.186. The first-order chi connectivity index (χ1) is 8.90. The summed E-state index contributed by atoms with van der Waals surface area (Å²) in [4.78, 5) is 11.4. The summed E-state index contributed by atoms with van der Waals surface area (Å²) in [5, 5.41) is 8.79. The van der Waals surface area contributed by atoms with Gasteiger partial charge in [0.15, 0.2) is 0 Å². The number of hydrogen-bond donors (Lipinski definition) is 1. The molecule has 0 aromatic heterocycles. The number of rotatable bonds is 5. The highest BCUT2D eigenvalue weighted by molar-refractivity contribution is 5.82. The third kappa shape index (κ3) is 6.62. The van der Waals surface area contributed by atoms with Crippen molar-refractivity contribution in [1.82, 2.24) is 0 Å². The highest BCUT2D eigenvalue weighted by Crippen LogP contribution is 2.13. The van der Waals surface area contributed by atoms with Crippen molar-refractivity contribution in [1.29, 1.82) is 0 Å². The van der Waals surface area contributed by atoms with Crippen molar-refractivity contribution in [3.8, 4) is 5.75 Å². The third-order valence-electron chi connectivity index (χ3n) is 2.14. The van der Waals surface area contributed by atoms with Crippen molar-refractivity contribution in [3.05, 3.63) is 42.2 Å². The van der Waals surface area contributed by atoms with Gasteiger partial charge in [-0.1, -0.05) is 12.1 Å². The van der Waals surface area contributed by atoms with E-state index in [4.69, 9.17) is 14.6 Å². The lowest BCUT2D eigenvalue weighted by Gasteiger charge is -2.17. The molecule has 1 rings (SSSR count). The van der Waals surface area contributed by atoms with Crippen LogP contribution >= 0.6 is 0 Å². The van der Waals surface area contributed by atoms with Gasteiger partial charge in [0.1, 0.15) is 11.4 Å². The van der Waals surface area contributed by atoms with E-state index >= 15 is 0 Å². The van der Waals surface area contributed by atoms with Crippen LogP contribution in [0.1, 0.15) is 26.3 Å². The molecule has 4 nitrogen and oxygen atoms in total. The normalized spacial score (nSPS) is 11.6. The number of ether oxygens (including phenoxy) is 2. The molecule has 0 aliphatic rings. The molecule has 0 saturated heterocycles. The van der Waals surface area contributed by atoms with Crippen LogP contribution in [0.3, 0.4) is 0 Å². The number of carbonyl (C=O) groups excluding carboxylic acids is 1. The van der Waals surface area contributed by atoms with Crippen LogP contribution in [0.5, 0.6) is 5.75 Å². The van der Waals surface area contributed by atoms with Crippen LogP contribution in [0.15, 0.2) is 36.6 Å². The van der Waals surface area contributed by atoms with Crippen LogP contribution in [0.2, 0.25) is 0 Å². The fourth-order valence-corrected chi connectivity index (χ4v) is 1.37. The molecule has 0 radical (unpaired) electrons. The lowest BCUT2D eigenvalue weighted by atomic mass is 10.1. The zero-order valence-electron chi connectivity index (χ0n) is 11.6. The molecule has 0 heterocycles. The van der Waals surface area contributed by atoms with Crippen molar-refractivity contribution in [2.75, 3.05) is 6.61 Å². The Hall–Kier alpha value is -1.81. The van der Waals surface area contributed by atoms with Gasteiger partial charge in [0, 0.05) is 6.61 Å².